The van der Waals surface area contributed by atoms with Crippen LogP contribution >= 0.6 is 0 Å². The molecule has 4 bridgehead atoms. The Labute approximate surface area is 249 Å². The second kappa shape index (κ2) is 8.90. The third-order valence-corrected chi connectivity index (χ3v) is 7.97. The number of rotatable bonds is 2. The Hall–Kier alpha value is -5.80. The third kappa shape index (κ3) is 3.43. The summed E-state index contributed by atoms with van der Waals surface area (Å²) in [6.45, 7) is 0. The van der Waals surface area contributed by atoms with Gasteiger partial charge in [-0.2, -0.15) is 0 Å². The van der Waals surface area contributed by atoms with Crippen LogP contribution in [0.2, 0.25) is 0 Å². The van der Waals surface area contributed by atoms with Crippen LogP contribution in [0.4, 0.5) is 46.8 Å². The number of aromatic nitrogens is 2. The van der Waals surface area contributed by atoms with Crippen molar-refractivity contribution in [3.63, 3.8) is 0 Å². The molecule has 3 aliphatic rings. The van der Waals surface area contributed by atoms with Gasteiger partial charge < -0.3 is 4.65 Å². The Morgan fingerprint density at radius 2 is 0.935 bits per heavy atom. The standard InChI is InChI=1S/C30H9BF8N6O/c32-16-2-1-3-17(33)24(16)46-31-44-27-12-6-20(36)22(38)8-14(12)29(44)43-30-15-9-23(39)21(37)7-13(15)28(45(30)31)42-26-11-5-19(35)18(34)4-10(11)25(40-26)41-27/h1-9H/b41-25-,41-27?,42-26?,42-28-. The van der Waals surface area contributed by atoms with Gasteiger partial charge in [-0.25, -0.2) is 55.1 Å². The third-order valence-electron chi connectivity index (χ3n) is 7.97. The van der Waals surface area contributed by atoms with E-state index >= 15 is 8.78 Å². The molecule has 4 aromatic carbocycles. The summed E-state index contributed by atoms with van der Waals surface area (Å²) in [7, 11) is -1.75. The molecule has 9 rings (SSSR count). The van der Waals surface area contributed by atoms with E-state index in [4.69, 9.17) is 4.65 Å². The summed E-state index contributed by atoms with van der Waals surface area (Å²) in [6.07, 6.45) is 0. The van der Waals surface area contributed by atoms with E-state index in [1.165, 1.54) is 0 Å². The zero-order valence-corrected chi connectivity index (χ0v) is 22.4. The molecular formula is C30H9BF8N6O. The number of aliphatic imine (C=N–C) groups is 2. The van der Waals surface area contributed by atoms with Crippen LogP contribution in [0.5, 0.6) is 5.75 Å². The number of nitrogens with zero attached hydrogens (tertiary/aromatic N) is 6. The molecule has 2 aromatic heterocycles. The van der Waals surface area contributed by atoms with Gasteiger partial charge in [0, 0.05) is 32.7 Å². The first-order valence-corrected chi connectivity index (χ1v) is 13.4. The number of benzene rings is 4. The Kier molecular flexibility index (Phi) is 5.14. The van der Waals surface area contributed by atoms with Crippen LogP contribution in [0.3, 0.4) is 0 Å². The lowest BCUT2D eigenvalue weighted by Crippen LogP contribution is -2.52. The largest absolute Gasteiger partial charge is 0.633 e. The highest BCUT2D eigenvalue weighted by Crippen LogP contribution is 2.42. The van der Waals surface area contributed by atoms with Crippen LogP contribution in [0.25, 0.3) is 21.5 Å². The highest BCUT2D eigenvalue weighted by atomic mass is 19.2. The predicted molar refractivity (Wildman–Crippen MR) is 148 cm³/mol. The quantitative estimate of drug-likeness (QED) is 0.173. The fourth-order valence-electron chi connectivity index (χ4n) is 5.96. The van der Waals surface area contributed by atoms with E-state index in [9.17, 15) is 26.3 Å². The molecule has 0 saturated heterocycles. The van der Waals surface area contributed by atoms with Crippen LogP contribution < -0.4 is 15.6 Å². The van der Waals surface area contributed by atoms with Crippen molar-refractivity contribution in [3.8, 4) is 5.75 Å². The molecule has 0 amide bonds. The topological polar surface area (TPSA) is 68.5 Å². The van der Waals surface area contributed by atoms with E-state index in [1.54, 1.807) is 0 Å². The minimum absolute atomic E-state index is 0.0433. The normalized spacial score (nSPS) is 16.1. The molecule has 0 N–H and O–H groups in total. The maximum Gasteiger partial charge on any atom is 0.633 e. The Morgan fingerprint density at radius 3 is 1.50 bits per heavy atom. The van der Waals surface area contributed by atoms with E-state index in [0.717, 1.165) is 63.6 Å². The second-order valence-electron chi connectivity index (χ2n) is 10.6. The van der Waals surface area contributed by atoms with E-state index in [2.05, 4.69) is 20.0 Å². The van der Waals surface area contributed by atoms with Crippen molar-refractivity contribution in [2.75, 3.05) is 0 Å². The summed E-state index contributed by atoms with van der Waals surface area (Å²) >= 11 is 0. The molecule has 0 atom stereocenters. The summed E-state index contributed by atoms with van der Waals surface area (Å²) in [5.41, 5.74) is -0.498. The van der Waals surface area contributed by atoms with Crippen LogP contribution in [-0.2, 0) is 0 Å². The number of amidine groups is 2. The van der Waals surface area contributed by atoms with Crippen LogP contribution in [0, 0.1) is 46.5 Å². The fourth-order valence-corrected chi connectivity index (χ4v) is 5.96. The number of fused-ring (bicyclic) bond motifs is 10. The summed E-state index contributed by atoms with van der Waals surface area (Å²) in [6, 6.07) is 7.79. The summed E-state index contributed by atoms with van der Waals surface area (Å²) in [5.74, 6) is -11.7. The lowest BCUT2D eigenvalue weighted by Gasteiger charge is -2.23. The van der Waals surface area contributed by atoms with Crippen LogP contribution in [-0.4, -0.2) is 27.8 Å². The Bertz CT molecular complexity index is 2610. The SMILES string of the molecule is Fc1cc2c(cc1F)/C1=N/c3c4cc(F)c(F)cc4c4n3B(Oc3c(F)cccc3F)n3c(c5cc(F)c(F)cc5/c3=N/C2=N1)=N4. The smallest absolute Gasteiger partial charge is 0.518 e. The van der Waals surface area contributed by atoms with Gasteiger partial charge in [-0.1, -0.05) is 6.07 Å². The van der Waals surface area contributed by atoms with Gasteiger partial charge in [0.1, 0.15) is 22.6 Å². The van der Waals surface area contributed by atoms with Gasteiger partial charge in [-0.3, -0.25) is 8.96 Å². The van der Waals surface area contributed by atoms with Crippen molar-refractivity contribution in [2.45, 2.75) is 0 Å². The molecule has 16 heteroatoms. The van der Waals surface area contributed by atoms with E-state index in [1.807, 2.05) is 0 Å². The van der Waals surface area contributed by atoms with Gasteiger partial charge in [0.25, 0.3) is 0 Å². The predicted octanol–water partition coefficient (Wildman–Crippen LogP) is 5.91. The van der Waals surface area contributed by atoms with Crippen LogP contribution in [0.1, 0.15) is 11.1 Å². The molecule has 0 unspecified atom stereocenters. The maximum atomic E-state index is 15.1. The minimum atomic E-state index is -1.75. The molecule has 0 aliphatic carbocycles. The lowest BCUT2D eigenvalue weighted by atomic mass is 9.98. The number of hydrogen-bond donors (Lipinski definition) is 0. The number of halogens is 8. The molecule has 0 saturated carbocycles. The van der Waals surface area contributed by atoms with E-state index in [0.29, 0.717) is 0 Å². The second-order valence-corrected chi connectivity index (χ2v) is 10.6. The lowest BCUT2D eigenvalue weighted by molar-refractivity contribution is 0.441. The van der Waals surface area contributed by atoms with Crippen molar-refractivity contribution >= 4 is 52.0 Å². The molecule has 6 aromatic rings. The van der Waals surface area contributed by atoms with Crippen molar-refractivity contribution < 1.29 is 39.8 Å². The molecule has 0 spiro atoms. The first-order valence-electron chi connectivity index (χ1n) is 13.4. The molecule has 3 aliphatic heterocycles. The Balaban J connectivity index is 1.53. The summed E-state index contributed by atoms with van der Waals surface area (Å²) in [4.78, 5) is 17.9. The summed E-state index contributed by atoms with van der Waals surface area (Å²) < 4.78 is 126. The van der Waals surface area contributed by atoms with Gasteiger partial charge in [-0.15, -0.1) is 0 Å². The highest BCUT2D eigenvalue weighted by Gasteiger charge is 2.41. The first kappa shape index (κ1) is 26.6. The zero-order chi connectivity index (χ0) is 31.8. The number of para-hydroxylation sites is 1. The molecular weight excluding hydrogens is 623 g/mol. The molecule has 224 valence electrons. The monoisotopic (exact) mass is 632 g/mol. The van der Waals surface area contributed by atoms with E-state index < -0.39 is 59.5 Å². The zero-order valence-electron chi connectivity index (χ0n) is 22.4. The average Bonchev–Trinajstić information content (AvgIpc) is 3.60. The van der Waals surface area contributed by atoms with Gasteiger partial charge in [-0.05, 0) is 48.5 Å². The van der Waals surface area contributed by atoms with Crippen molar-refractivity contribution in [3.05, 3.63) is 123 Å². The van der Waals surface area contributed by atoms with Crippen molar-refractivity contribution in [2.24, 2.45) is 20.0 Å². The van der Waals surface area contributed by atoms with Crippen LogP contribution in [0.15, 0.2) is 74.6 Å². The molecule has 0 radical (unpaired) electrons. The minimum Gasteiger partial charge on any atom is -0.518 e. The first-order chi connectivity index (χ1) is 22.1. The molecule has 7 nitrogen and oxygen atoms in total. The van der Waals surface area contributed by atoms with Crippen molar-refractivity contribution in [1.82, 2.24) is 8.96 Å². The maximum absolute atomic E-state index is 15.1. The highest BCUT2D eigenvalue weighted by molar-refractivity contribution is 6.52. The number of hydrogen-bond acceptors (Lipinski definition) is 5. The van der Waals surface area contributed by atoms with E-state index in [-0.39, 0.29) is 67.0 Å². The van der Waals surface area contributed by atoms with Gasteiger partial charge in [0.15, 0.2) is 64.0 Å². The molecule has 5 heterocycles. The van der Waals surface area contributed by atoms with Crippen molar-refractivity contribution in [1.29, 1.82) is 0 Å². The van der Waals surface area contributed by atoms with Gasteiger partial charge >= 0.3 is 7.19 Å². The molecule has 0 fully saturated rings. The summed E-state index contributed by atoms with van der Waals surface area (Å²) in [5, 5.41) is -0.275. The van der Waals surface area contributed by atoms with Gasteiger partial charge in [0.2, 0.25) is 0 Å². The Morgan fingerprint density at radius 1 is 0.478 bits per heavy atom. The van der Waals surface area contributed by atoms with Gasteiger partial charge in [0.05, 0.1) is 0 Å². The average molecular weight is 632 g/mol. The fraction of sp³-hybridized carbons (Fsp3) is 0. The molecule has 46 heavy (non-hydrogen) atoms.